The number of ether oxygens (including phenoxy) is 4. The van der Waals surface area contributed by atoms with Gasteiger partial charge in [-0.15, -0.1) is 0 Å². The van der Waals surface area contributed by atoms with Crippen molar-refractivity contribution >= 4 is 39.3 Å². The molecule has 0 radical (unpaired) electrons. The van der Waals surface area contributed by atoms with Crippen molar-refractivity contribution in [2.75, 3.05) is 20.0 Å². The van der Waals surface area contributed by atoms with Gasteiger partial charge in [0.2, 0.25) is 46.1 Å². The zero-order valence-corrected chi connectivity index (χ0v) is 40.2. The highest BCUT2D eigenvalue weighted by atomic mass is 32.2. The summed E-state index contributed by atoms with van der Waals surface area (Å²) in [7, 11) is -14.9. The van der Waals surface area contributed by atoms with Gasteiger partial charge in [0.25, 0.3) is 0 Å². The van der Waals surface area contributed by atoms with Crippen LogP contribution in [0.25, 0.3) is 0 Å². The quantitative estimate of drug-likeness (QED) is 0.0493. The predicted octanol–water partition coefficient (Wildman–Crippen LogP) is 8.40. The maximum absolute atomic E-state index is 12.7. The molecule has 0 aliphatic rings. The van der Waals surface area contributed by atoms with E-state index in [-0.39, 0.29) is 82.2 Å². The van der Waals surface area contributed by atoms with Crippen LogP contribution in [-0.2, 0) is 39.3 Å². The first-order chi connectivity index (χ1) is 33.8. The van der Waals surface area contributed by atoms with Crippen molar-refractivity contribution in [2.45, 2.75) is 39.2 Å². The Kier molecular flexibility index (Phi) is 15.5. The Balaban J connectivity index is 0.000000209. The first kappa shape index (κ1) is 50.8. The highest BCUT2D eigenvalue weighted by Gasteiger charge is 2.21. The molecule has 0 fully saturated rings. The summed E-state index contributed by atoms with van der Waals surface area (Å²) >= 11 is 0. The van der Waals surface area contributed by atoms with E-state index in [9.17, 15) is 54.1 Å². The zero-order chi connectivity index (χ0) is 50.8. The van der Waals surface area contributed by atoms with Gasteiger partial charge in [-0.2, -0.15) is 0 Å². The highest BCUT2D eigenvalue weighted by Crippen LogP contribution is 2.29. The van der Waals surface area contributed by atoms with Crippen molar-refractivity contribution in [3.8, 4) is 46.0 Å². The van der Waals surface area contributed by atoms with E-state index in [0.717, 1.165) is 0 Å². The number of benzene rings is 8. The van der Waals surface area contributed by atoms with E-state index in [0.29, 0.717) is 23.0 Å². The van der Waals surface area contributed by atoms with E-state index in [4.69, 9.17) is 18.9 Å². The Bertz CT molecular complexity index is 3280. The number of sulfone groups is 4. The van der Waals surface area contributed by atoms with Crippen molar-refractivity contribution in [3.05, 3.63) is 194 Å². The molecule has 0 bridgehead atoms. The first-order valence-corrected chi connectivity index (χ1v) is 26.8. The van der Waals surface area contributed by atoms with Gasteiger partial charge in [-0.1, -0.05) is 0 Å². The SMILES string of the molecule is O=S(=O)(c1ccc(O)cc1)c1ccc(OCCOc2ccc(S(=O)(=O)c3ccc(O)cc3)cc2)cc1.O=S(=O)(c1ccc(O)cc1)c1ccc(OCOc2ccc(S(=O)(=O)c3ccc(O)cc3)cc2)cc1. The lowest BCUT2D eigenvalue weighted by atomic mass is 10.3. The second-order valence-electron chi connectivity index (χ2n) is 15.0. The second kappa shape index (κ2) is 21.7. The van der Waals surface area contributed by atoms with E-state index in [1.807, 2.05) is 0 Å². The Labute approximate surface area is 409 Å². The predicted molar refractivity (Wildman–Crippen MR) is 257 cm³/mol. The maximum Gasteiger partial charge on any atom is 0.230 e. The smallest absolute Gasteiger partial charge is 0.230 e. The molecule has 71 heavy (non-hydrogen) atoms. The van der Waals surface area contributed by atoms with Crippen LogP contribution in [0, 0.1) is 0 Å². The average Bonchev–Trinajstić information content (AvgIpc) is 3.37. The van der Waals surface area contributed by atoms with Crippen molar-refractivity contribution in [2.24, 2.45) is 0 Å². The van der Waals surface area contributed by atoms with E-state index in [1.165, 1.54) is 194 Å². The van der Waals surface area contributed by atoms with Crippen LogP contribution in [0.4, 0.5) is 0 Å². The number of hydrogen-bond donors (Lipinski definition) is 4. The monoisotopic (exact) mass is 1040 g/mol. The van der Waals surface area contributed by atoms with Crippen molar-refractivity contribution in [1.82, 2.24) is 0 Å². The molecule has 0 spiro atoms. The van der Waals surface area contributed by atoms with E-state index < -0.39 is 39.3 Å². The van der Waals surface area contributed by atoms with Crippen LogP contribution in [0.15, 0.2) is 233 Å². The van der Waals surface area contributed by atoms with Crippen LogP contribution in [0.3, 0.4) is 0 Å². The fourth-order valence-electron chi connectivity index (χ4n) is 6.39. The minimum Gasteiger partial charge on any atom is -0.508 e. The zero-order valence-electron chi connectivity index (χ0n) is 36.9. The lowest BCUT2D eigenvalue weighted by Crippen LogP contribution is -2.09. The number of phenols is 4. The van der Waals surface area contributed by atoms with Crippen molar-refractivity contribution in [1.29, 1.82) is 0 Å². The minimum absolute atomic E-state index is 0.0185. The molecule has 0 aliphatic heterocycles. The Morgan fingerprint density at radius 2 is 0.394 bits per heavy atom. The molecule has 20 heteroatoms. The third kappa shape index (κ3) is 12.6. The van der Waals surface area contributed by atoms with Crippen LogP contribution in [0.5, 0.6) is 46.0 Å². The van der Waals surface area contributed by atoms with Crippen LogP contribution < -0.4 is 18.9 Å². The fourth-order valence-corrected chi connectivity index (χ4v) is 11.4. The summed E-state index contributed by atoms with van der Waals surface area (Å²) in [6.07, 6.45) is 0. The molecule has 0 unspecified atom stereocenters. The molecule has 0 atom stereocenters. The molecule has 0 aromatic heterocycles. The Morgan fingerprint density at radius 1 is 0.239 bits per heavy atom. The molecule has 0 amide bonds. The van der Waals surface area contributed by atoms with E-state index in [2.05, 4.69) is 0 Å². The molecule has 0 saturated carbocycles. The molecule has 4 N–H and O–H groups in total. The molecule has 8 rings (SSSR count). The summed E-state index contributed by atoms with van der Waals surface area (Å²) in [5.41, 5.74) is 0. The summed E-state index contributed by atoms with van der Waals surface area (Å²) in [5.74, 6) is 1.58. The maximum atomic E-state index is 12.7. The molecule has 16 nitrogen and oxygen atoms in total. The van der Waals surface area contributed by atoms with Crippen LogP contribution in [0.1, 0.15) is 0 Å². The van der Waals surface area contributed by atoms with Gasteiger partial charge in [0.05, 0.1) is 39.2 Å². The van der Waals surface area contributed by atoms with Gasteiger partial charge < -0.3 is 39.4 Å². The third-order valence-electron chi connectivity index (χ3n) is 10.2. The molecule has 8 aromatic carbocycles. The lowest BCUT2D eigenvalue weighted by molar-refractivity contribution is 0.119. The Hall–Kier alpha value is -8.04. The number of rotatable bonds is 17. The summed E-state index contributed by atoms with van der Waals surface area (Å²) in [5, 5.41) is 37.4. The summed E-state index contributed by atoms with van der Waals surface area (Å²) in [4.78, 5) is 0.599. The molecule has 8 aromatic rings. The molecule has 0 aliphatic carbocycles. The first-order valence-electron chi connectivity index (χ1n) is 20.9. The average molecular weight is 1040 g/mol. The number of aromatic hydroxyl groups is 4. The van der Waals surface area contributed by atoms with Gasteiger partial charge in [-0.05, 0) is 194 Å². The highest BCUT2D eigenvalue weighted by molar-refractivity contribution is 7.92. The van der Waals surface area contributed by atoms with Gasteiger partial charge in [-0.3, -0.25) is 0 Å². The minimum atomic E-state index is -3.73. The van der Waals surface area contributed by atoms with Crippen LogP contribution >= 0.6 is 0 Å². The molecular weight excluding hydrogens is 997 g/mol. The summed E-state index contributed by atoms with van der Waals surface area (Å²) < 4.78 is 123. The standard InChI is InChI=1S/C26H22O8S2.C25H20O8S2/c27-19-1-9-23(10-2-19)35(29,30)25-13-5-21(6-14-25)33-17-18-34-22-7-15-26(16-8-22)36(31,32)24-11-3-20(28)4-12-24;26-18-1-9-22(10-2-18)34(28,29)24-13-5-20(6-14-24)32-17-33-21-7-15-25(16-8-21)35(30,31)23-11-3-19(27)4-12-23/h1-16,27-28H,17-18H2;1-16,26-27H,17H2. The van der Waals surface area contributed by atoms with Gasteiger partial charge >= 0.3 is 0 Å². The molecular formula is C51H42O16S4. The second-order valence-corrected chi connectivity index (χ2v) is 22.8. The number of hydrogen-bond acceptors (Lipinski definition) is 16. The van der Waals surface area contributed by atoms with Gasteiger partial charge in [0.1, 0.15) is 59.2 Å². The molecule has 0 saturated heterocycles. The van der Waals surface area contributed by atoms with Crippen LogP contribution in [0.2, 0.25) is 0 Å². The van der Waals surface area contributed by atoms with Gasteiger partial charge in [-0.25, -0.2) is 33.7 Å². The largest absolute Gasteiger partial charge is 0.508 e. The van der Waals surface area contributed by atoms with Crippen molar-refractivity contribution in [3.63, 3.8) is 0 Å². The summed E-state index contributed by atoms with van der Waals surface area (Å²) in [6.45, 7) is 0.170. The fraction of sp³-hybridized carbons (Fsp3) is 0.0588. The van der Waals surface area contributed by atoms with E-state index >= 15 is 0 Å². The topological polar surface area (TPSA) is 254 Å². The van der Waals surface area contributed by atoms with Crippen LogP contribution in [-0.4, -0.2) is 74.1 Å². The van der Waals surface area contributed by atoms with E-state index in [1.54, 1.807) is 0 Å². The van der Waals surface area contributed by atoms with Crippen molar-refractivity contribution < 1.29 is 73.0 Å². The molecule has 366 valence electrons. The third-order valence-corrected chi connectivity index (χ3v) is 17.3. The van der Waals surface area contributed by atoms with Gasteiger partial charge in [0.15, 0.2) is 0 Å². The number of phenolic OH excluding ortho intramolecular Hbond substituents is 4. The normalized spacial score (nSPS) is 11.7. The summed E-state index contributed by atoms with van der Waals surface area (Å²) in [6, 6.07) is 44.6. The Morgan fingerprint density at radius 3 is 0.577 bits per heavy atom. The molecule has 0 heterocycles. The van der Waals surface area contributed by atoms with Gasteiger partial charge in [0, 0.05) is 0 Å². The lowest BCUT2D eigenvalue weighted by Gasteiger charge is -2.10.